The van der Waals surface area contributed by atoms with Crippen LogP contribution in [0.4, 0.5) is 5.95 Å². The van der Waals surface area contributed by atoms with Gasteiger partial charge in [-0.25, -0.2) is 9.97 Å². The predicted molar refractivity (Wildman–Crippen MR) is 81.3 cm³/mol. The molecule has 0 unspecified atom stereocenters. The van der Waals surface area contributed by atoms with E-state index >= 15 is 0 Å². The summed E-state index contributed by atoms with van der Waals surface area (Å²) < 4.78 is 6.05. The number of morpholine rings is 1. The minimum atomic E-state index is 0.106. The van der Waals surface area contributed by atoms with E-state index < -0.39 is 0 Å². The molecular weight excluding hydrogens is 270 g/mol. The lowest BCUT2D eigenvalue weighted by molar-refractivity contribution is -0.0176. The second-order valence-corrected chi connectivity index (χ2v) is 6.13. The average molecular weight is 289 g/mol. The third kappa shape index (κ3) is 2.83. The lowest BCUT2D eigenvalue weighted by Gasteiger charge is -2.36. The third-order valence-corrected chi connectivity index (χ3v) is 4.13. The van der Waals surface area contributed by atoms with Crippen molar-refractivity contribution in [3.8, 4) is 0 Å². The van der Waals surface area contributed by atoms with Crippen molar-refractivity contribution in [2.45, 2.75) is 33.0 Å². The molecular formula is C15H19N3OS. The Hall–Kier alpha value is -1.46. The largest absolute Gasteiger partial charge is 0.367 e. The van der Waals surface area contributed by atoms with Crippen molar-refractivity contribution >= 4 is 17.3 Å². The molecule has 2 aromatic heterocycles. The average Bonchev–Trinajstić information content (AvgIpc) is 2.90. The van der Waals surface area contributed by atoms with E-state index in [0.29, 0.717) is 0 Å². The minimum Gasteiger partial charge on any atom is -0.367 e. The van der Waals surface area contributed by atoms with E-state index in [2.05, 4.69) is 38.6 Å². The maximum absolute atomic E-state index is 6.05. The second-order valence-electron chi connectivity index (χ2n) is 5.35. The zero-order valence-electron chi connectivity index (χ0n) is 12.0. The van der Waals surface area contributed by atoms with Gasteiger partial charge in [0, 0.05) is 17.9 Å². The molecule has 3 heterocycles. The summed E-state index contributed by atoms with van der Waals surface area (Å²) in [5, 5.41) is 4.25. The smallest absolute Gasteiger partial charge is 0.225 e. The van der Waals surface area contributed by atoms with Gasteiger partial charge >= 0.3 is 0 Å². The van der Waals surface area contributed by atoms with Gasteiger partial charge in [0.2, 0.25) is 5.95 Å². The van der Waals surface area contributed by atoms with Gasteiger partial charge in [-0.3, -0.25) is 0 Å². The van der Waals surface area contributed by atoms with Crippen LogP contribution in [-0.2, 0) is 4.74 Å². The highest BCUT2D eigenvalue weighted by molar-refractivity contribution is 7.07. The highest BCUT2D eigenvalue weighted by Crippen LogP contribution is 2.28. The molecule has 1 aliphatic heterocycles. The molecule has 1 aliphatic rings. The van der Waals surface area contributed by atoms with Gasteiger partial charge in [0.05, 0.1) is 12.6 Å². The lowest BCUT2D eigenvalue weighted by Crippen LogP contribution is -2.43. The molecule has 2 atom stereocenters. The Kier molecular flexibility index (Phi) is 3.72. The van der Waals surface area contributed by atoms with Gasteiger partial charge in [-0.05, 0) is 49.2 Å². The lowest BCUT2D eigenvalue weighted by atomic mass is 10.1. The molecule has 0 aromatic carbocycles. The van der Waals surface area contributed by atoms with E-state index in [1.165, 1.54) is 5.56 Å². The fourth-order valence-corrected chi connectivity index (χ4v) is 3.31. The van der Waals surface area contributed by atoms with Crippen LogP contribution in [0.5, 0.6) is 0 Å². The summed E-state index contributed by atoms with van der Waals surface area (Å²) in [4.78, 5) is 11.4. The SMILES string of the molecule is Cc1cc(C)nc(N2C[C@@H](c3ccsc3)O[C@@H](C)C2)n1. The number of nitrogens with zero attached hydrogens (tertiary/aromatic N) is 3. The van der Waals surface area contributed by atoms with Crippen LogP contribution in [0.25, 0.3) is 0 Å². The zero-order chi connectivity index (χ0) is 14.1. The molecule has 0 aliphatic carbocycles. The first-order valence-electron chi connectivity index (χ1n) is 6.86. The number of hydrogen-bond acceptors (Lipinski definition) is 5. The van der Waals surface area contributed by atoms with Crippen LogP contribution in [0.3, 0.4) is 0 Å². The summed E-state index contributed by atoms with van der Waals surface area (Å²) in [6.45, 7) is 7.78. The summed E-state index contributed by atoms with van der Waals surface area (Å²) in [5.41, 5.74) is 3.27. The second kappa shape index (κ2) is 5.50. The van der Waals surface area contributed by atoms with E-state index in [-0.39, 0.29) is 12.2 Å². The van der Waals surface area contributed by atoms with Gasteiger partial charge in [0.15, 0.2) is 0 Å². The summed E-state index contributed by atoms with van der Waals surface area (Å²) in [6.07, 6.45) is 0.285. The predicted octanol–water partition coefficient (Wildman–Crippen LogP) is 3.12. The Labute approximate surface area is 123 Å². The van der Waals surface area contributed by atoms with Gasteiger partial charge in [-0.1, -0.05) is 0 Å². The van der Waals surface area contributed by atoms with Gasteiger partial charge < -0.3 is 9.64 Å². The molecule has 1 saturated heterocycles. The Balaban J connectivity index is 1.85. The molecule has 0 saturated carbocycles. The van der Waals surface area contributed by atoms with Crippen molar-refractivity contribution in [1.82, 2.24) is 9.97 Å². The Morgan fingerprint density at radius 3 is 2.65 bits per heavy atom. The third-order valence-electron chi connectivity index (χ3n) is 3.43. The molecule has 5 heteroatoms. The maximum atomic E-state index is 6.05. The Morgan fingerprint density at radius 2 is 2.00 bits per heavy atom. The van der Waals surface area contributed by atoms with E-state index in [1.807, 2.05) is 19.9 Å². The molecule has 4 nitrogen and oxygen atoms in total. The number of thiophene rings is 1. The highest BCUT2D eigenvalue weighted by Gasteiger charge is 2.28. The first-order chi connectivity index (χ1) is 9.61. The van der Waals surface area contributed by atoms with Crippen LogP contribution >= 0.6 is 11.3 Å². The molecule has 2 aromatic rings. The first kappa shape index (κ1) is 13.5. The van der Waals surface area contributed by atoms with Crippen molar-refractivity contribution in [2.75, 3.05) is 18.0 Å². The normalized spacial score (nSPS) is 23.1. The van der Waals surface area contributed by atoms with Crippen LogP contribution < -0.4 is 4.90 Å². The van der Waals surface area contributed by atoms with Crippen LogP contribution in [-0.4, -0.2) is 29.2 Å². The quantitative estimate of drug-likeness (QED) is 0.851. The fraction of sp³-hybridized carbons (Fsp3) is 0.467. The van der Waals surface area contributed by atoms with Crippen LogP contribution in [0.2, 0.25) is 0 Å². The summed E-state index contributed by atoms with van der Waals surface area (Å²) in [6, 6.07) is 4.14. The van der Waals surface area contributed by atoms with Crippen molar-refractivity contribution in [2.24, 2.45) is 0 Å². The summed E-state index contributed by atoms with van der Waals surface area (Å²) in [7, 11) is 0. The number of ether oxygens (including phenoxy) is 1. The van der Waals surface area contributed by atoms with Gasteiger partial charge in [0.25, 0.3) is 0 Å². The number of aromatic nitrogens is 2. The van der Waals surface area contributed by atoms with Crippen LogP contribution in [0.1, 0.15) is 30.0 Å². The Morgan fingerprint density at radius 1 is 1.25 bits per heavy atom. The van der Waals surface area contributed by atoms with Crippen LogP contribution in [0.15, 0.2) is 22.9 Å². The number of aryl methyl sites for hydroxylation is 2. The van der Waals surface area contributed by atoms with Gasteiger partial charge in [0.1, 0.15) is 6.10 Å². The standard InChI is InChI=1S/C15H19N3OS/c1-10-6-11(2)17-15(16-10)18-7-12(3)19-14(8-18)13-4-5-20-9-13/h4-6,9,12,14H,7-8H2,1-3H3/t12-,14-/m0/s1. The summed E-state index contributed by atoms with van der Waals surface area (Å²) >= 11 is 1.71. The van der Waals surface area contributed by atoms with Crippen molar-refractivity contribution in [1.29, 1.82) is 0 Å². The number of anilines is 1. The topological polar surface area (TPSA) is 38.2 Å². The zero-order valence-corrected chi connectivity index (χ0v) is 12.9. The molecule has 0 radical (unpaired) electrons. The van der Waals surface area contributed by atoms with E-state index in [4.69, 9.17) is 4.74 Å². The molecule has 0 bridgehead atoms. The van der Waals surface area contributed by atoms with E-state index in [0.717, 1.165) is 30.4 Å². The molecule has 20 heavy (non-hydrogen) atoms. The molecule has 0 amide bonds. The summed E-state index contributed by atoms with van der Waals surface area (Å²) in [5.74, 6) is 0.817. The minimum absolute atomic E-state index is 0.106. The molecule has 3 rings (SSSR count). The van der Waals surface area contributed by atoms with E-state index in [9.17, 15) is 0 Å². The maximum Gasteiger partial charge on any atom is 0.225 e. The fourth-order valence-electron chi connectivity index (χ4n) is 2.61. The van der Waals surface area contributed by atoms with Crippen molar-refractivity contribution in [3.63, 3.8) is 0 Å². The van der Waals surface area contributed by atoms with Crippen molar-refractivity contribution in [3.05, 3.63) is 39.8 Å². The first-order valence-corrected chi connectivity index (χ1v) is 7.81. The van der Waals surface area contributed by atoms with Gasteiger partial charge in [-0.15, -0.1) is 0 Å². The van der Waals surface area contributed by atoms with E-state index in [1.54, 1.807) is 11.3 Å². The molecule has 106 valence electrons. The molecule has 0 spiro atoms. The number of hydrogen-bond donors (Lipinski definition) is 0. The Bertz CT molecular complexity index is 565. The highest BCUT2D eigenvalue weighted by atomic mass is 32.1. The van der Waals surface area contributed by atoms with Crippen LogP contribution in [0, 0.1) is 13.8 Å². The molecule has 0 N–H and O–H groups in total. The van der Waals surface area contributed by atoms with Crippen molar-refractivity contribution < 1.29 is 4.74 Å². The number of rotatable bonds is 2. The molecule has 1 fully saturated rings. The van der Waals surface area contributed by atoms with Gasteiger partial charge in [-0.2, -0.15) is 11.3 Å². The monoisotopic (exact) mass is 289 g/mol.